The highest BCUT2D eigenvalue weighted by Gasteiger charge is 2.21. The van der Waals surface area contributed by atoms with E-state index in [9.17, 15) is 14.4 Å². The van der Waals surface area contributed by atoms with Crippen molar-refractivity contribution in [3.05, 3.63) is 63.6 Å². The predicted molar refractivity (Wildman–Crippen MR) is 111 cm³/mol. The summed E-state index contributed by atoms with van der Waals surface area (Å²) in [6.07, 6.45) is -0.919. The Hall–Kier alpha value is -3.09. The van der Waals surface area contributed by atoms with E-state index in [1.54, 1.807) is 26.8 Å². The van der Waals surface area contributed by atoms with Gasteiger partial charge in [-0.15, -0.1) is 0 Å². The Morgan fingerprint density at radius 2 is 1.79 bits per heavy atom. The van der Waals surface area contributed by atoms with Crippen LogP contribution in [0, 0.1) is 0 Å². The molecule has 2 N–H and O–H groups in total. The number of aromatic amines is 1. The molecule has 0 aliphatic carbocycles. The summed E-state index contributed by atoms with van der Waals surface area (Å²) < 4.78 is 10.5. The van der Waals surface area contributed by atoms with Gasteiger partial charge in [0.05, 0.1) is 6.42 Å². The third-order valence-corrected chi connectivity index (χ3v) is 3.95. The fraction of sp³-hybridized carbons (Fsp3) is 0.409. The lowest BCUT2D eigenvalue weighted by molar-refractivity contribution is -0.153. The molecule has 29 heavy (non-hydrogen) atoms. The molecule has 0 unspecified atom stereocenters. The van der Waals surface area contributed by atoms with Gasteiger partial charge in [0.25, 0.3) is 5.56 Å². The van der Waals surface area contributed by atoms with Crippen molar-refractivity contribution in [2.75, 3.05) is 5.32 Å². The Balaban J connectivity index is 2.21. The monoisotopic (exact) mass is 400 g/mol. The highest BCUT2D eigenvalue weighted by atomic mass is 16.6. The Bertz CT molecular complexity index is 911. The third kappa shape index (κ3) is 7.10. The van der Waals surface area contributed by atoms with Crippen LogP contribution in [0.4, 0.5) is 10.5 Å². The third-order valence-electron chi connectivity index (χ3n) is 3.95. The Kier molecular flexibility index (Phi) is 7.20. The number of hydrogen-bond donors (Lipinski definition) is 2. The standard InChI is InChI=1S/C22H28N2O5/c1-14(2)17-11-16(12-18(25)29-22(3,4)5)19(20(26)23-17)24-21(27)28-13-15-9-7-6-8-10-15/h6-11,14H,12-13H2,1-5H3,(H,23,26)(H,24,27). The van der Waals surface area contributed by atoms with Gasteiger partial charge < -0.3 is 14.5 Å². The quantitative estimate of drug-likeness (QED) is 0.711. The molecular formula is C22H28N2O5. The molecule has 1 aromatic heterocycles. The van der Waals surface area contributed by atoms with Crippen LogP contribution in [-0.4, -0.2) is 22.6 Å². The van der Waals surface area contributed by atoms with E-state index in [-0.39, 0.29) is 24.6 Å². The number of H-pyrrole nitrogens is 1. The van der Waals surface area contributed by atoms with Gasteiger partial charge in [-0.1, -0.05) is 44.2 Å². The number of hydrogen-bond acceptors (Lipinski definition) is 5. The first-order chi connectivity index (χ1) is 13.5. The molecule has 1 aromatic carbocycles. The van der Waals surface area contributed by atoms with Crippen LogP contribution in [0.1, 0.15) is 57.4 Å². The molecule has 0 bridgehead atoms. The molecule has 7 heteroatoms. The summed E-state index contributed by atoms with van der Waals surface area (Å²) in [5.41, 5.74) is 0.701. The smallest absolute Gasteiger partial charge is 0.412 e. The summed E-state index contributed by atoms with van der Waals surface area (Å²) in [7, 11) is 0. The normalized spacial score (nSPS) is 11.2. The second-order valence-corrected chi connectivity index (χ2v) is 8.06. The number of benzene rings is 1. The van der Waals surface area contributed by atoms with Gasteiger partial charge in [-0.2, -0.15) is 0 Å². The van der Waals surface area contributed by atoms with Gasteiger partial charge in [0.2, 0.25) is 0 Å². The largest absolute Gasteiger partial charge is 0.460 e. The van der Waals surface area contributed by atoms with Crippen LogP contribution in [0.3, 0.4) is 0 Å². The minimum atomic E-state index is -0.776. The zero-order chi connectivity index (χ0) is 21.6. The number of carbonyl (C=O) groups excluding carboxylic acids is 2. The molecule has 0 aliphatic rings. The zero-order valence-electron chi connectivity index (χ0n) is 17.5. The van der Waals surface area contributed by atoms with Crippen LogP contribution in [0.5, 0.6) is 0 Å². The molecule has 0 saturated carbocycles. The molecule has 0 atom stereocenters. The molecule has 0 aliphatic heterocycles. The Morgan fingerprint density at radius 3 is 2.38 bits per heavy atom. The molecular weight excluding hydrogens is 372 g/mol. The van der Waals surface area contributed by atoms with E-state index in [4.69, 9.17) is 9.47 Å². The van der Waals surface area contributed by atoms with E-state index in [0.717, 1.165) is 5.56 Å². The summed E-state index contributed by atoms with van der Waals surface area (Å²) in [6, 6.07) is 10.9. The number of amides is 1. The molecule has 1 heterocycles. The maximum Gasteiger partial charge on any atom is 0.412 e. The van der Waals surface area contributed by atoms with E-state index < -0.39 is 23.2 Å². The second-order valence-electron chi connectivity index (χ2n) is 8.06. The van der Waals surface area contributed by atoms with Crippen molar-refractivity contribution in [1.82, 2.24) is 4.98 Å². The zero-order valence-corrected chi connectivity index (χ0v) is 17.5. The number of rotatable bonds is 6. The van der Waals surface area contributed by atoms with Crippen molar-refractivity contribution in [2.45, 2.75) is 59.2 Å². The van der Waals surface area contributed by atoms with E-state index in [1.807, 2.05) is 44.2 Å². The summed E-state index contributed by atoms with van der Waals surface area (Å²) in [5, 5.41) is 2.47. The topological polar surface area (TPSA) is 97.5 Å². The van der Waals surface area contributed by atoms with E-state index in [0.29, 0.717) is 11.3 Å². The van der Waals surface area contributed by atoms with Gasteiger partial charge in [0, 0.05) is 5.69 Å². The lowest BCUT2D eigenvalue weighted by Gasteiger charge is -2.20. The first kappa shape index (κ1) is 22.2. The molecule has 2 aromatic rings. The van der Waals surface area contributed by atoms with Gasteiger partial charge in [-0.25, -0.2) is 4.79 Å². The minimum Gasteiger partial charge on any atom is -0.460 e. The SMILES string of the molecule is CC(C)c1cc(CC(=O)OC(C)(C)C)c(NC(=O)OCc2ccccc2)c(=O)[nH]1. The number of anilines is 1. The average Bonchev–Trinajstić information content (AvgIpc) is 2.61. The average molecular weight is 400 g/mol. The van der Waals surface area contributed by atoms with Gasteiger partial charge in [0.1, 0.15) is 17.9 Å². The number of pyridine rings is 1. The fourth-order valence-electron chi connectivity index (χ4n) is 2.62. The fourth-order valence-corrected chi connectivity index (χ4v) is 2.62. The lowest BCUT2D eigenvalue weighted by atomic mass is 10.0. The van der Waals surface area contributed by atoms with E-state index >= 15 is 0 Å². The summed E-state index contributed by atoms with van der Waals surface area (Å²) in [6.45, 7) is 9.20. The molecule has 156 valence electrons. The van der Waals surface area contributed by atoms with Crippen molar-refractivity contribution in [3.8, 4) is 0 Å². The number of carbonyl (C=O) groups is 2. The molecule has 7 nitrogen and oxygen atoms in total. The summed E-state index contributed by atoms with van der Waals surface area (Å²) in [4.78, 5) is 39.8. The molecule has 0 radical (unpaired) electrons. The maximum absolute atomic E-state index is 12.6. The van der Waals surface area contributed by atoms with Gasteiger partial charge in [-0.05, 0) is 43.9 Å². The number of aromatic nitrogens is 1. The first-order valence-corrected chi connectivity index (χ1v) is 9.51. The van der Waals surface area contributed by atoms with Crippen molar-refractivity contribution in [2.24, 2.45) is 0 Å². The van der Waals surface area contributed by atoms with Crippen LogP contribution in [0.25, 0.3) is 0 Å². The molecule has 2 rings (SSSR count). The number of esters is 1. The predicted octanol–water partition coefficient (Wildman–Crippen LogP) is 4.13. The second kappa shape index (κ2) is 9.41. The van der Waals surface area contributed by atoms with Crippen molar-refractivity contribution in [3.63, 3.8) is 0 Å². The molecule has 1 amide bonds. The highest BCUT2D eigenvalue weighted by molar-refractivity contribution is 5.87. The summed E-state index contributed by atoms with van der Waals surface area (Å²) in [5.74, 6) is -0.447. The van der Waals surface area contributed by atoms with E-state index in [1.165, 1.54) is 0 Å². The number of nitrogens with one attached hydrogen (secondary N) is 2. The van der Waals surface area contributed by atoms with Crippen LogP contribution in [-0.2, 0) is 27.3 Å². The molecule has 0 saturated heterocycles. The van der Waals surface area contributed by atoms with Crippen LogP contribution in [0.15, 0.2) is 41.2 Å². The Morgan fingerprint density at radius 1 is 1.14 bits per heavy atom. The molecule has 0 spiro atoms. The highest BCUT2D eigenvalue weighted by Crippen LogP contribution is 2.19. The van der Waals surface area contributed by atoms with Gasteiger partial charge >= 0.3 is 12.1 Å². The lowest BCUT2D eigenvalue weighted by Crippen LogP contribution is -2.27. The molecule has 0 fully saturated rings. The van der Waals surface area contributed by atoms with E-state index in [2.05, 4.69) is 10.3 Å². The van der Waals surface area contributed by atoms with Crippen molar-refractivity contribution in [1.29, 1.82) is 0 Å². The van der Waals surface area contributed by atoms with Crippen molar-refractivity contribution < 1.29 is 19.1 Å². The van der Waals surface area contributed by atoms with Gasteiger partial charge in [0.15, 0.2) is 0 Å². The van der Waals surface area contributed by atoms with Crippen LogP contribution in [0.2, 0.25) is 0 Å². The van der Waals surface area contributed by atoms with Crippen LogP contribution < -0.4 is 10.9 Å². The Labute approximate surface area is 170 Å². The van der Waals surface area contributed by atoms with Crippen molar-refractivity contribution >= 4 is 17.7 Å². The number of ether oxygens (including phenoxy) is 2. The van der Waals surface area contributed by atoms with Crippen LogP contribution >= 0.6 is 0 Å². The summed E-state index contributed by atoms with van der Waals surface area (Å²) >= 11 is 0. The maximum atomic E-state index is 12.6. The van der Waals surface area contributed by atoms with Gasteiger partial charge in [-0.3, -0.25) is 14.9 Å². The first-order valence-electron chi connectivity index (χ1n) is 9.51. The minimum absolute atomic E-state index is 0.0154.